The Morgan fingerprint density at radius 3 is 1.63 bits per heavy atom. The summed E-state index contributed by atoms with van der Waals surface area (Å²) in [4.78, 5) is 0. The van der Waals surface area contributed by atoms with Crippen LogP contribution in [-0.4, -0.2) is 18.1 Å². The molecule has 0 radical (unpaired) electrons. The van der Waals surface area contributed by atoms with Gasteiger partial charge < -0.3 is 4.52 Å². The third-order valence-corrected chi connectivity index (χ3v) is 9.48. The molecule has 0 atom stereocenters. The van der Waals surface area contributed by atoms with Crippen molar-refractivity contribution in [2.75, 3.05) is 18.1 Å². The van der Waals surface area contributed by atoms with Gasteiger partial charge in [0.25, 0.3) is 0 Å². The number of unbranched alkanes of at least 4 members (excludes halogenated alkanes) is 6. The van der Waals surface area contributed by atoms with Crippen LogP contribution in [0.1, 0.15) is 78.6 Å². The van der Waals surface area contributed by atoms with Crippen LogP contribution in [0.4, 0.5) is 0 Å². The van der Waals surface area contributed by atoms with Gasteiger partial charge in [-0.1, -0.05) is 82.1 Å². The van der Waals surface area contributed by atoms with Gasteiger partial charge in [0.1, 0.15) is 0 Å². The van der Waals surface area contributed by atoms with Crippen LogP contribution in [-0.2, 0) is 4.52 Å². The largest absolute Gasteiger partial charge is 0.339 e. The fourth-order valence-electron chi connectivity index (χ4n) is 1.59. The minimum Gasteiger partial charge on any atom is -0.339 e. The molecule has 1 nitrogen and oxygen atoms in total. The third kappa shape index (κ3) is 15.3. The molecule has 0 aliphatic carbocycles. The average Bonchev–Trinajstić information content (AvgIpc) is 2.43. The molecule has 0 amide bonds. The van der Waals surface area contributed by atoms with Crippen molar-refractivity contribution in [1.29, 1.82) is 0 Å². The van der Waals surface area contributed by atoms with Crippen molar-refractivity contribution in [3.05, 3.63) is 0 Å². The van der Waals surface area contributed by atoms with Crippen molar-refractivity contribution >= 4 is 29.3 Å². The molecule has 19 heavy (non-hydrogen) atoms. The first kappa shape index (κ1) is 20.1. The van der Waals surface area contributed by atoms with Gasteiger partial charge >= 0.3 is 0 Å². The molecule has 0 saturated carbocycles. The highest BCUT2D eigenvalue weighted by atomic mass is 33.1. The minimum absolute atomic E-state index is 0.277. The Kier molecular flexibility index (Phi) is 18.1. The molecule has 0 aromatic carbocycles. The van der Waals surface area contributed by atoms with E-state index in [2.05, 4.69) is 43.5 Å². The lowest BCUT2D eigenvalue weighted by molar-refractivity contribution is 0.351. The standard InChI is InChI=1S/C15H33OPS2/c1-4-7-10-13-16-17(18-14-11-8-5-2)19-15-12-9-6-3/h4-15H2,1-3H3. The number of hydrogen-bond acceptors (Lipinski definition) is 3. The van der Waals surface area contributed by atoms with Crippen LogP contribution in [0.5, 0.6) is 0 Å². The van der Waals surface area contributed by atoms with Gasteiger partial charge in [0.2, 0.25) is 0 Å². The van der Waals surface area contributed by atoms with E-state index < -0.39 is 0 Å². The smallest absolute Gasteiger partial charge is 0.151 e. The van der Waals surface area contributed by atoms with Gasteiger partial charge in [0, 0.05) is 11.5 Å². The molecule has 0 rings (SSSR count). The van der Waals surface area contributed by atoms with Crippen LogP contribution in [0.2, 0.25) is 0 Å². The third-order valence-electron chi connectivity index (χ3n) is 2.83. The van der Waals surface area contributed by atoms with Crippen LogP contribution in [0.15, 0.2) is 0 Å². The van der Waals surface area contributed by atoms with E-state index in [1.165, 1.54) is 69.3 Å². The van der Waals surface area contributed by atoms with Crippen LogP contribution >= 0.6 is 29.3 Å². The fourth-order valence-corrected chi connectivity index (χ4v) is 7.85. The Bertz CT molecular complexity index is 142. The zero-order chi connectivity index (χ0) is 14.2. The van der Waals surface area contributed by atoms with Crippen molar-refractivity contribution in [2.24, 2.45) is 0 Å². The highest BCUT2D eigenvalue weighted by Gasteiger charge is 2.10. The second-order valence-electron chi connectivity index (χ2n) is 4.84. The van der Waals surface area contributed by atoms with Crippen molar-refractivity contribution in [3.63, 3.8) is 0 Å². The van der Waals surface area contributed by atoms with Gasteiger partial charge in [-0.15, -0.1) is 0 Å². The van der Waals surface area contributed by atoms with E-state index in [-0.39, 0.29) is 6.55 Å². The summed E-state index contributed by atoms with van der Waals surface area (Å²) < 4.78 is 6.10. The lowest BCUT2D eigenvalue weighted by atomic mass is 10.3. The second kappa shape index (κ2) is 17.1. The highest BCUT2D eigenvalue weighted by molar-refractivity contribution is 8.86. The Hall–Kier alpha value is 1.09. The van der Waals surface area contributed by atoms with E-state index in [4.69, 9.17) is 4.52 Å². The molecule has 0 aliphatic heterocycles. The van der Waals surface area contributed by atoms with Crippen molar-refractivity contribution < 1.29 is 4.52 Å². The van der Waals surface area contributed by atoms with Crippen molar-refractivity contribution in [3.8, 4) is 0 Å². The highest BCUT2D eigenvalue weighted by Crippen LogP contribution is 2.62. The first-order valence-electron chi connectivity index (χ1n) is 8.04. The average molecular weight is 325 g/mol. The number of rotatable bonds is 15. The predicted octanol–water partition coefficient (Wildman–Crippen LogP) is 7.27. The van der Waals surface area contributed by atoms with E-state index in [1.54, 1.807) is 0 Å². The van der Waals surface area contributed by atoms with Crippen LogP contribution in [0.25, 0.3) is 0 Å². The normalized spacial score (nSPS) is 11.4. The molecular weight excluding hydrogens is 291 g/mol. The molecule has 0 aliphatic rings. The zero-order valence-corrected chi connectivity index (χ0v) is 15.7. The van der Waals surface area contributed by atoms with Crippen molar-refractivity contribution in [1.82, 2.24) is 0 Å². The van der Waals surface area contributed by atoms with Gasteiger partial charge in [0.05, 0.1) is 6.61 Å². The molecule has 0 unspecified atom stereocenters. The first-order chi connectivity index (χ1) is 9.35. The molecule has 116 valence electrons. The maximum Gasteiger partial charge on any atom is 0.151 e. The van der Waals surface area contributed by atoms with E-state index in [9.17, 15) is 0 Å². The lowest BCUT2D eigenvalue weighted by Gasteiger charge is -2.16. The SMILES string of the molecule is CCCCCOP(SCCCCC)SCCCCC. The van der Waals surface area contributed by atoms with E-state index >= 15 is 0 Å². The monoisotopic (exact) mass is 324 g/mol. The zero-order valence-electron chi connectivity index (χ0n) is 13.2. The molecule has 0 bridgehead atoms. The van der Waals surface area contributed by atoms with E-state index in [1.807, 2.05) is 0 Å². The molecule has 0 aromatic heterocycles. The first-order valence-corrected chi connectivity index (χ1v) is 12.5. The summed E-state index contributed by atoms with van der Waals surface area (Å²) in [6.07, 6.45) is 11.9. The van der Waals surface area contributed by atoms with Gasteiger partial charge in [0.15, 0.2) is 6.55 Å². The molecule has 0 saturated heterocycles. The summed E-state index contributed by atoms with van der Waals surface area (Å²) in [5, 5.41) is 0. The summed E-state index contributed by atoms with van der Waals surface area (Å²) in [6.45, 7) is 7.49. The van der Waals surface area contributed by atoms with Crippen LogP contribution in [0, 0.1) is 0 Å². The quantitative estimate of drug-likeness (QED) is 0.231. The van der Waals surface area contributed by atoms with Crippen molar-refractivity contribution in [2.45, 2.75) is 78.6 Å². The lowest BCUT2D eigenvalue weighted by Crippen LogP contribution is -1.89. The summed E-state index contributed by atoms with van der Waals surface area (Å²) in [7, 11) is 0. The molecular formula is C15H33OPS2. The molecule has 0 N–H and O–H groups in total. The molecule has 4 heteroatoms. The topological polar surface area (TPSA) is 9.23 Å². The Morgan fingerprint density at radius 1 is 0.684 bits per heavy atom. The molecule has 0 spiro atoms. The maximum absolute atomic E-state index is 6.10. The molecule has 0 fully saturated rings. The Labute approximate surface area is 130 Å². The van der Waals surface area contributed by atoms with E-state index in [0.717, 1.165) is 6.61 Å². The van der Waals surface area contributed by atoms with Gasteiger partial charge in [-0.2, -0.15) is 0 Å². The second-order valence-corrected chi connectivity index (χ2v) is 11.1. The van der Waals surface area contributed by atoms with Crippen LogP contribution < -0.4 is 0 Å². The van der Waals surface area contributed by atoms with Gasteiger partial charge in [-0.25, -0.2) is 0 Å². The fraction of sp³-hybridized carbons (Fsp3) is 1.00. The summed E-state index contributed by atoms with van der Waals surface area (Å²) in [5.74, 6) is 2.57. The van der Waals surface area contributed by atoms with Gasteiger partial charge in [-0.05, 0) is 19.3 Å². The Balaban J connectivity index is 3.66. The molecule has 0 aromatic rings. The van der Waals surface area contributed by atoms with Gasteiger partial charge in [-0.3, -0.25) is 0 Å². The molecule has 0 heterocycles. The van der Waals surface area contributed by atoms with Crippen LogP contribution in [0.3, 0.4) is 0 Å². The summed E-state index contributed by atoms with van der Waals surface area (Å²) in [5.41, 5.74) is 0. The summed E-state index contributed by atoms with van der Waals surface area (Å²) >= 11 is 4.17. The Morgan fingerprint density at radius 2 is 1.16 bits per heavy atom. The number of hydrogen-bond donors (Lipinski definition) is 0. The maximum atomic E-state index is 6.10. The predicted molar refractivity (Wildman–Crippen MR) is 96.4 cm³/mol. The van der Waals surface area contributed by atoms with E-state index in [0.29, 0.717) is 0 Å². The summed E-state index contributed by atoms with van der Waals surface area (Å²) in [6, 6.07) is 0. The minimum atomic E-state index is -0.277.